The predicted octanol–water partition coefficient (Wildman–Crippen LogP) is 3.09. The number of anilines is 1. The highest BCUT2D eigenvalue weighted by molar-refractivity contribution is 7.92. The number of aromatic nitrogens is 1. The molecular formula is C17H14FN3O3S2. The summed E-state index contributed by atoms with van der Waals surface area (Å²) in [5.41, 5.74) is 7.46. The van der Waals surface area contributed by atoms with Gasteiger partial charge in [-0.15, -0.1) is 11.3 Å². The Kier molecular flexibility index (Phi) is 4.75. The number of nitrogens with two attached hydrogens (primary N) is 1. The SMILES string of the molecule is CS(=O)(=O)Nc1cc(F)cc(-c2c(-c3ccccn3)csc2C(N)=O)c1. The monoisotopic (exact) mass is 391 g/mol. The van der Waals surface area contributed by atoms with E-state index in [2.05, 4.69) is 9.71 Å². The zero-order valence-electron chi connectivity index (χ0n) is 13.6. The van der Waals surface area contributed by atoms with Crippen LogP contribution in [-0.4, -0.2) is 25.6 Å². The van der Waals surface area contributed by atoms with E-state index in [1.54, 1.807) is 29.8 Å². The van der Waals surface area contributed by atoms with Crippen molar-refractivity contribution in [3.8, 4) is 22.4 Å². The molecule has 9 heteroatoms. The van der Waals surface area contributed by atoms with Crippen molar-refractivity contribution in [3.05, 3.63) is 58.7 Å². The Bertz CT molecular complexity index is 1080. The fraction of sp³-hybridized carbons (Fsp3) is 0.0588. The minimum atomic E-state index is -3.59. The molecule has 0 unspecified atom stereocenters. The maximum absolute atomic E-state index is 14.1. The van der Waals surface area contributed by atoms with Gasteiger partial charge in [-0.25, -0.2) is 12.8 Å². The largest absolute Gasteiger partial charge is 0.365 e. The molecule has 1 aromatic carbocycles. The van der Waals surface area contributed by atoms with E-state index in [0.717, 1.165) is 23.7 Å². The van der Waals surface area contributed by atoms with Crippen molar-refractivity contribution in [1.29, 1.82) is 0 Å². The Morgan fingerprint density at radius 1 is 1.27 bits per heavy atom. The highest BCUT2D eigenvalue weighted by Crippen LogP contribution is 2.39. The third-order valence-corrected chi connectivity index (χ3v) is 5.05. The first-order chi connectivity index (χ1) is 12.2. The summed E-state index contributed by atoms with van der Waals surface area (Å²) in [4.78, 5) is 16.3. The molecule has 3 aromatic rings. The molecule has 3 rings (SSSR count). The molecule has 0 aliphatic heterocycles. The van der Waals surface area contributed by atoms with Gasteiger partial charge in [0.05, 0.1) is 17.6 Å². The lowest BCUT2D eigenvalue weighted by molar-refractivity contribution is 0.100. The zero-order valence-corrected chi connectivity index (χ0v) is 15.2. The second-order valence-corrected chi connectivity index (χ2v) is 8.16. The number of hydrogen-bond donors (Lipinski definition) is 2. The number of nitrogens with one attached hydrogen (secondary N) is 1. The summed E-state index contributed by atoms with van der Waals surface area (Å²) in [5.74, 6) is -1.31. The van der Waals surface area contributed by atoms with Gasteiger partial charge in [0.2, 0.25) is 10.0 Å². The molecule has 0 saturated heterocycles. The molecule has 3 N–H and O–H groups in total. The van der Waals surface area contributed by atoms with Crippen molar-refractivity contribution in [3.63, 3.8) is 0 Å². The second-order valence-electron chi connectivity index (χ2n) is 5.54. The quantitative estimate of drug-likeness (QED) is 0.698. The van der Waals surface area contributed by atoms with Crippen LogP contribution in [0.5, 0.6) is 0 Å². The molecule has 0 radical (unpaired) electrons. The Hall–Kier alpha value is -2.78. The van der Waals surface area contributed by atoms with Crippen LogP contribution in [0, 0.1) is 5.82 Å². The number of carbonyl (C=O) groups is 1. The van der Waals surface area contributed by atoms with E-state index in [4.69, 9.17) is 5.73 Å². The lowest BCUT2D eigenvalue weighted by Gasteiger charge is -2.10. The maximum Gasteiger partial charge on any atom is 0.259 e. The summed E-state index contributed by atoms with van der Waals surface area (Å²) in [5, 5.41) is 1.71. The number of rotatable bonds is 5. The highest BCUT2D eigenvalue weighted by atomic mass is 32.2. The van der Waals surface area contributed by atoms with Crippen LogP contribution in [0.15, 0.2) is 48.0 Å². The third-order valence-electron chi connectivity index (χ3n) is 3.45. The van der Waals surface area contributed by atoms with Gasteiger partial charge in [0, 0.05) is 22.7 Å². The molecule has 6 nitrogen and oxygen atoms in total. The van der Waals surface area contributed by atoms with E-state index in [1.807, 2.05) is 0 Å². The lowest BCUT2D eigenvalue weighted by Crippen LogP contribution is -2.11. The number of thiophene rings is 1. The van der Waals surface area contributed by atoms with Gasteiger partial charge in [0.15, 0.2) is 0 Å². The molecule has 2 heterocycles. The molecule has 0 atom stereocenters. The van der Waals surface area contributed by atoms with Crippen LogP contribution >= 0.6 is 11.3 Å². The molecule has 26 heavy (non-hydrogen) atoms. The van der Waals surface area contributed by atoms with E-state index in [9.17, 15) is 17.6 Å². The Morgan fingerprint density at radius 2 is 2.04 bits per heavy atom. The molecule has 0 saturated carbocycles. The van der Waals surface area contributed by atoms with Gasteiger partial charge in [-0.1, -0.05) is 6.07 Å². The lowest BCUT2D eigenvalue weighted by atomic mass is 9.98. The van der Waals surface area contributed by atoms with Crippen LogP contribution in [0.3, 0.4) is 0 Å². The number of halogens is 1. The first-order valence-corrected chi connectivity index (χ1v) is 10.1. The fourth-order valence-electron chi connectivity index (χ4n) is 2.54. The Morgan fingerprint density at radius 3 is 2.65 bits per heavy atom. The van der Waals surface area contributed by atoms with E-state index < -0.39 is 21.7 Å². The van der Waals surface area contributed by atoms with E-state index >= 15 is 0 Å². The number of sulfonamides is 1. The van der Waals surface area contributed by atoms with Crippen LogP contribution in [0.2, 0.25) is 0 Å². The van der Waals surface area contributed by atoms with Crippen molar-refractivity contribution < 1.29 is 17.6 Å². The van der Waals surface area contributed by atoms with Crippen molar-refractivity contribution in [2.24, 2.45) is 5.73 Å². The normalized spacial score (nSPS) is 11.3. The average molecular weight is 391 g/mol. The molecule has 0 aliphatic rings. The third kappa shape index (κ3) is 3.89. The average Bonchev–Trinajstić information content (AvgIpc) is 2.98. The number of primary amides is 1. The molecular weight excluding hydrogens is 377 g/mol. The zero-order chi connectivity index (χ0) is 18.9. The van der Waals surface area contributed by atoms with Gasteiger partial charge in [0.25, 0.3) is 5.91 Å². The molecule has 2 aromatic heterocycles. The van der Waals surface area contributed by atoms with Crippen LogP contribution in [0.25, 0.3) is 22.4 Å². The van der Waals surface area contributed by atoms with Crippen LogP contribution < -0.4 is 10.5 Å². The molecule has 0 bridgehead atoms. The number of carbonyl (C=O) groups excluding carboxylic acids is 1. The number of hydrogen-bond acceptors (Lipinski definition) is 5. The fourth-order valence-corrected chi connectivity index (χ4v) is 4.03. The van der Waals surface area contributed by atoms with Gasteiger partial charge in [-0.3, -0.25) is 14.5 Å². The number of nitrogens with zero attached hydrogens (tertiary/aromatic N) is 1. The van der Waals surface area contributed by atoms with Crippen LogP contribution in [0.1, 0.15) is 9.67 Å². The van der Waals surface area contributed by atoms with Gasteiger partial charge < -0.3 is 5.73 Å². The van der Waals surface area contributed by atoms with Crippen molar-refractivity contribution >= 4 is 33.0 Å². The predicted molar refractivity (Wildman–Crippen MR) is 99.9 cm³/mol. The van der Waals surface area contributed by atoms with Gasteiger partial charge in [0.1, 0.15) is 10.7 Å². The molecule has 0 fully saturated rings. The van der Waals surface area contributed by atoms with Crippen molar-refractivity contribution in [2.75, 3.05) is 11.0 Å². The smallest absolute Gasteiger partial charge is 0.259 e. The molecule has 0 aliphatic carbocycles. The van der Waals surface area contributed by atoms with E-state index in [1.165, 1.54) is 12.1 Å². The van der Waals surface area contributed by atoms with E-state index in [0.29, 0.717) is 22.4 Å². The minimum absolute atomic E-state index is 0.0519. The van der Waals surface area contributed by atoms with Gasteiger partial charge >= 0.3 is 0 Å². The highest BCUT2D eigenvalue weighted by Gasteiger charge is 2.20. The standard InChI is InChI=1S/C17H14FN3O3S2/c1-26(23,24)21-12-7-10(6-11(18)8-12)15-13(9-25-16(15)17(19)22)14-4-2-3-5-20-14/h2-9,21H,1H3,(H2,19,22). The van der Waals surface area contributed by atoms with E-state index in [-0.39, 0.29) is 10.6 Å². The minimum Gasteiger partial charge on any atom is -0.365 e. The molecule has 0 spiro atoms. The number of pyridine rings is 1. The summed E-state index contributed by atoms with van der Waals surface area (Å²) in [6.45, 7) is 0. The van der Waals surface area contributed by atoms with Crippen LogP contribution in [0.4, 0.5) is 10.1 Å². The molecule has 134 valence electrons. The summed E-state index contributed by atoms with van der Waals surface area (Å²) >= 11 is 1.12. The van der Waals surface area contributed by atoms with Crippen LogP contribution in [-0.2, 0) is 10.0 Å². The second kappa shape index (κ2) is 6.85. The maximum atomic E-state index is 14.1. The van der Waals surface area contributed by atoms with Gasteiger partial charge in [-0.05, 0) is 35.9 Å². The topological polar surface area (TPSA) is 102 Å². The number of amides is 1. The van der Waals surface area contributed by atoms with Crippen molar-refractivity contribution in [1.82, 2.24) is 4.98 Å². The summed E-state index contributed by atoms with van der Waals surface area (Å²) in [6, 6.07) is 9.02. The Labute approximate surface area is 153 Å². The summed E-state index contributed by atoms with van der Waals surface area (Å²) in [6.07, 6.45) is 2.57. The Balaban J connectivity index is 2.23. The summed E-state index contributed by atoms with van der Waals surface area (Å²) < 4.78 is 39.3. The first kappa shape index (κ1) is 18.0. The summed E-state index contributed by atoms with van der Waals surface area (Å²) in [7, 11) is -3.59. The van der Waals surface area contributed by atoms with Gasteiger partial charge in [-0.2, -0.15) is 0 Å². The first-order valence-electron chi connectivity index (χ1n) is 7.36. The number of benzene rings is 1. The van der Waals surface area contributed by atoms with Crippen molar-refractivity contribution in [2.45, 2.75) is 0 Å². The molecule has 1 amide bonds.